The number of hydrogen-bond donors (Lipinski definition) is 1. The first-order valence-corrected chi connectivity index (χ1v) is 7.30. The maximum absolute atomic E-state index is 5.92. The fourth-order valence-corrected chi connectivity index (χ4v) is 3.23. The lowest BCUT2D eigenvalue weighted by Crippen LogP contribution is -2.35. The van der Waals surface area contributed by atoms with E-state index in [2.05, 4.69) is 24.1 Å². The molecule has 0 aliphatic heterocycles. The first kappa shape index (κ1) is 14.2. The Labute approximate surface area is 116 Å². The number of hydrogen-bond acceptors (Lipinski definition) is 3. The van der Waals surface area contributed by atoms with Crippen molar-refractivity contribution < 1.29 is 4.74 Å². The van der Waals surface area contributed by atoms with E-state index in [4.69, 9.17) is 10.5 Å². The summed E-state index contributed by atoms with van der Waals surface area (Å²) in [7, 11) is 3.88. The second-order valence-electron chi connectivity index (χ2n) is 5.59. The van der Waals surface area contributed by atoms with E-state index in [1.165, 1.54) is 31.4 Å². The third kappa shape index (κ3) is 3.41. The van der Waals surface area contributed by atoms with Crippen LogP contribution in [-0.2, 0) is 0 Å². The van der Waals surface area contributed by atoms with E-state index in [0.717, 1.165) is 18.8 Å². The van der Waals surface area contributed by atoms with Crippen molar-refractivity contribution in [3.8, 4) is 5.75 Å². The van der Waals surface area contributed by atoms with Gasteiger partial charge in [0.1, 0.15) is 5.75 Å². The summed E-state index contributed by atoms with van der Waals surface area (Å²) in [5.41, 5.74) is 7.09. The molecule has 106 valence electrons. The summed E-state index contributed by atoms with van der Waals surface area (Å²) in [5.74, 6) is 2.35. The maximum Gasteiger partial charge on any atom is 0.142 e. The molecule has 0 radical (unpaired) electrons. The zero-order valence-corrected chi connectivity index (χ0v) is 12.1. The molecule has 19 heavy (non-hydrogen) atoms. The molecule has 1 aliphatic rings. The van der Waals surface area contributed by atoms with Crippen molar-refractivity contribution in [2.75, 3.05) is 32.1 Å². The molecule has 1 aromatic carbocycles. The van der Waals surface area contributed by atoms with Gasteiger partial charge in [-0.3, -0.25) is 0 Å². The van der Waals surface area contributed by atoms with E-state index in [0.29, 0.717) is 11.8 Å². The SMILES string of the molecule is COc1ccccc1N(C)CC1CCCCC1CN. The highest BCUT2D eigenvalue weighted by molar-refractivity contribution is 5.57. The van der Waals surface area contributed by atoms with Crippen molar-refractivity contribution in [1.29, 1.82) is 0 Å². The largest absolute Gasteiger partial charge is 0.495 e. The standard InChI is InChI=1S/C16H26N2O/c1-18(15-9-5-6-10-16(15)19-2)12-14-8-4-3-7-13(14)11-17/h5-6,9-10,13-14H,3-4,7-8,11-12,17H2,1-2H3. The van der Waals surface area contributed by atoms with Gasteiger partial charge in [0.2, 0.25) is 0 Å². The molecule has 2 atom stereocenters. The Morgan fingerprint density at radius 1 is 1.21 bits per heavy atom. The van der Waals surface area contributed by atoms with Crippen LogP contribution in [0.3, 0.4) is 0 Å². The topological polar surface area (TPSA) is 38.5 Å². The third-order valence-electron chi connectivity index (χ3n) is 4.37. The van der Waals surface area contributed by atoms with Crippen LogP contribution in [0.1, 0.15) is 25.7 Å². The lowest BCUT2D eigenvalue weighted by Gasteiger charge is -2.34. The molecule has 1 saturated carbocycles. The summed E-state index contributed by atoms with van der Waals surface area (Å²) in [6, 6.07) is 8.22. The summed E-state index contributed by atoms with van der Waals surface area (Å²) >= 11 is 0. The van der Waals surface area contributed by atoms with Gasteiger partial charge < -0.3 is 15.4 Å². The molecule has 3 nitrogen and oxygen atoms in total. The van der Waals surface area contributed by atoms with Gasteiger partial charge in [0, 0.05) is 13.6 Å². The number of rotatable bonds is 5. The van der Waals surface area contributed by atoms with Gasteiger partial charge in [0.15, 0.2) is 0 Å². The average molecular weight is 262 g/mol. The normalized spacial score (nSPS) is 23.1. The number of methoxy groups -OCH3 is 1. The Hall–Kier alpha value is -1.22. The molecule has 2 unspecified atom stereocenters. The summed E-state index contributed by atoms with van der Waals surface area (Å²) < 4.78 is 5.44. The molecule has 0 aromatic heterocycles. The molecular formula is C16H26N2O. The Morgan fingerprint density at radius 3 is 2.58 bits per heavy atom. The van der Waals surface area contributed by atoms with Crippen molar-refractivity contribution in [2.45, 2.75) is 25.7 Å². The fourth-order valence-electron chi connectivity index (χ4n) is 3.23. The molecule has 1 aromatic rings. The smallest absolute Gasteiger partial charge is 0.142 e. The van der Waals surface area contributed by atoms with Gasteiger partial charge in [-0.25, -0.2) is 0 Å². The van der Waals surface area contributed by atoms with Crippen molar-refractivity contribution in [1.82, 2.24) is 0 Å². The van der Waals surface area contributed by atoms with Gasteiger partial charge in [-0.15, -0.1) is 0 Å². The van der Waals surface area contributed by atoms with Crippen LogP contribution < -0.4 is 15.4 Å². The molecule has 2 N–H and O–H groups in total. The number of benzene rings is 1. The van der Waals surface area contributed by atoms with Crippen LogP contribution in [0.15, 0.2) is 24.3 Å². The van der Waals surface area contributed by atoms with Crippen molar-refractivity contribution in [3.05, 3.63) is 24.3 Å². The van der Waals surface area contributed by atoms with Gasteiger partial charge in [-0.2, -0.15) is 0 Å². The summed E-state index contributed by atoms with van der Waals surface area (Å²) in [4.78, 5) is 2.32. The molecule has 2 rings (SSSR count). The van der Waals surface area contributed by atoms with Gasteiger partial charge in [-0.1, -0.05) is 25.0 Å². The van der Waals surface area contributed by atoms with Gasteiger partial charge in [0.25, 0.3) is 0 Å². The number of ether oxygens (including phenoxy) is 1. The van der Waals surface area contributed by atoms with Gasteiger partial charge >= 0.3 is 0 Å². The first-order chi connectivity index (χ1) is 9.26. The quantitative estimate of drug-likeness (QED) is 0.886. The van der Waals surface area contributed by atoms with Gasteiger partial charge in [-0.05, 0) is 43.4 Å². The van der Waals surface area contributed by atoms with Crippen LogP contribution in [0.2, 0.25) is 0 Å². The summed E-state index contributed by atoms with van der Waals surface area (Å²) in [5, 5.41) is 0. The zero-order valence-electron chi connectivity index (χ0n) is 12.1. The molecular weight excluding hydrogens is 236 g/mol. The van der Waals surface area contributed by atoms with Crippen molar-refractivity contribution in [3.63, 3.8) is 0 Å². The monoisotopic (exact) mass is 262 g/mol. The van der Waals surface area contributed by atoms with Crippen LogP contribution in [0, 0.1) is 11.8 Å². The Balaban J connectivity index is 2.05. The first-order valence-electron chi connectivity index (χ1n) is 7.30. The number of anilines is 1. The zero-order chi connectivity index (χ0) is 13.7. The maximum atomic E-state index is 5.92. The average Bonchev–Trinajstić information content (AvgIpc) is 2.47. The van der Waals surface area contributed by atoms with E-state index in [1.54, 1.807) is 7.11 Å². The molecule has 0 saturated heterocycles. The number of nitrogens with two attached hydrogens (primary N) is 1. The van der Waals surface area contributed by atoms with Crippen LogP contribution in [0.25, 0.3) is 0 Å². The summed E-state index contributed by atoms with van der Waals surface area (Å²) in [6.45, 7) is 1.90. The molecule has 0 heterocycles. The highest BCUT2D eigenvalue weighted by Crippen LogP contribution is 2.33. The molecule has 1 aliphatic carbocycles. The van der Waals surface area contributed by atoms with Gasteiger partial charge in [0.05, 0.1) is 12.8 Å². The Bertz CT molecular complexity index is 394. The van der Waals surface area contributed by atoms with Crippen LogP contribution in [0.4, 0.5) is 5.69 Å². The predicted molar refractivity (Wildman–Crippen MR) is 80.8 cm³/mol. The second kappa shape index (κ2) is 6.80. The Morgan fingerprint density at radius 2 is 1.89 bits per heavy atom. The van der Waals surface area contributed by atoms with E-state index in [1.807, 2.05) is 12.1 Å². The molecule has 0 spiro atoms. The lowest BCUT2D eigenvalue weighted by molar-refractivity contribution is 0.247. The molecule has 1 fully saturated rings. The minimum Gasteiger partial charge on any atom is -0.495 e. The van der Waals surface area contributed by atoms with E-state index < -0.39 is 0 Å². The molecule has 0 bridgehead atoms. The third-order valence-corrected chi connectivity index (χ3v) is 4.37. The molecule has 3 heteroatoms. The highest BCUT2D eigenvalue weighted by Gasteiger charge is 2.25. The minimum atomic E-state index is 0.686. The van der Waals surface area contributed by atoms with Crippen LogP contribution in [0.5, 0.6) is 5.75 Å². The van der Waals surface area contributed by atoms with E-state index in [9.17, 15) is 0 Å². The molecule has 0 amide bonds. The number of nitrogens with zero attached hydrogens (tertiary/aromatic N) is 1. The van der Waals surface area contributed by atoms with E-state index in [-0.39, 0.29) is 0 Å². The van der Waals surface area contributed by atoms with Crippen molar-refractivity contribution >= 4 is 5.69 Å². The summed E-state index contributed by atoms with van der Waals surface area (Å²) in [6.07, 6.45) is 5.29. The highest BCUT2D eigenvalue weighted by atomic mass is 16.5. The lowest BCUT2D eigenvalue weighted by atomic mass is 9.79. The van der Waals surface area contributed by atoms with Crippen LogP contribution in [-0.4, -0.2) is 27.2 Å². The van der Waals surface area contributed by atoms with Crippen LogP contribution >= 0.6 is 0 Å². The predicted octanol–water partition coefficient (Wildman–Crippen LogP) is 2.90. The number of para-hydroxylation sites is 2. The second-order valence-corrected chi connectivity index (χ2v) is 5.59. The van der Waals surface area contributed by atoms with Crippen molar-refractivity contribution in [2.24, 2.45) is 17.6 Å². The fraction of sp³-hybridized carbons (Fsp3) is 0.625. The minimum absolute atomic E-state index is 0.686. The Kier molecular flexibility index (Phi) is 5.08. The van der Waals surface area contributed by atoms with E-state index >= 15 is 0 Å².